The van der Waals surface area contributed by atoms with Crippen molar-refractivity contribution in [1.29, 1.82) is 0 Å². The first-order chi connectivity index (χ1) is 13.5. The molecule has 2 aromatic carbocycles. The lowest BCUT2D eigenvalue weighted by atomic mass is 10.1. The summed E-state index contributed by atoms with van der Waals surface area (Å²) in [6.45, 7) is 0. The highest BCUT2D eigenvalue weighted by Crippen LogP contribution is 2.27. The highest BCUT2D eigenvalue weighted by Gasteiger charge is 2.11. The SMILES string of the molecule is O=C(CCc1ccccc1)N/N=C\c1ccc(-c2ccc(C(=O)O)c(Cl)c2)o1. The zero-order chi connectivity index (χ0) is 19.9. The van der Waals surface area contributed by atoms with Crippen LogP contribution in [-0.4, -0.2) is 23.2 Å². The Kier molecular flexibility index (Phi) is 6.24. The molecule has 3 aromatic rings. The molecule has 3 rings (SSSR count). The molecule has 28 heavy (non-hydrogen) atoms. The number of aryl methyl sites for hydroxylation is 1. The molecule has 0 spiro atoms. The van der Waals surface area contributed by atoms with Crippen LogP contribution < -0.4 is 5.43 Å². The van der Waals surface area contributed by atoms with Crippen molar-refractivity contribution in [3.05, 3.63) is 82.6 Å². The third-order valence-electron chi connectivity index (χ3n) is 3.98. The summed E-state index contributed by atoms with van der Waals surface area (Å²) in [7, 11) is 0. The largest absolute Gasteiger partial charge is 0.478 e. The molecule has 0 aliphatic rings. The summed E-state index contributed by atoms with van der Waals surface area (Å²) < 4.78 is 5.63. The van der Waals surface area contributed by atoms with E-state index in [4.69, 9.17) is 21.1 Å². The molecule has 0 unspecified atom stereocenters. The maximum absolute atomic E-state index is 11.8. The van der Waals surface area contributed by atoms with Crippen molar-refractivity contribution < 1.29 is 19.1 Å². The molecule has 0 bridgehead atoms. The number of hydrogen-bond donors (Lipinski definition) is 2. The molecular weight excluding hydrogens is 380 g/mol. The van der Waals surface area contributed by atoms with Crippen LogP contribution in [0.1, 0.15) is 28.1 Å². The van der Waals surface area contributed by atoms with E-state index in [1.54, 1.807) is 18.2 Å². The number of nitrogens with zero attached hydrogens (tertiary/aromatic N) is 1. The fourth-order valence-electron chi connectivity index (χ4n) is 2.55. The zero-order valence-corrected chi connectivity index (χ0v) is 15.5. The molecule has 1 amide bonds. The monoisotopic (exact) mass is 396 g/mol. The number of amides is 1. The van der Waals surface area contributed by atoms with Gasteiger partial charge in [0.15, 0.2) is 0 Å². The Balaban J connectivity index is 1.56. The van der Waals surface area contributed by atoms with Crippen LogP contribution in [-0.2, 0) is 11.2 Å². The van der Waals surface area contributed by atoms with Crippen LogP contribution in [0.15, 0.2) is 70.2 Å². The Hall–Kier alpha value is -3.38. The van der Waals surface area contributed by atoms with Gasteiger partial charge in [-0.05, 0) is 36.2 Å². The van der Waals surface area contributed by atoms with Crippen molar-refractivity contribution in [3.63, 3.8) is 0 Å². The Morgan fingerprint density at radius 2 is 1.89 bits per heavy atom. The second kappa shape index (κ2) is 9.01. The Morgan fingerprint density at radius 3 is 2.61 bits per heavy atom. The molecule has 0 aliphatic carbocycles. The molecule has 2 N–H and O–H groups in total. The van der Waals surface area contributed by atoms with E-state index in [9.17, 15) is 9.59 Å². The van der Waals surface area contributed by atoms with Gasteiger partial charge in [-0.15, -0.1) is 0 Å². The number of furan rings is 1. The van der Waals surface area contributed by atoms with E-state index in [0.717, 1.165) is 5.56 Å². The van der Waals surface area contributed by atoms with Gasteiger partial charge in [-0.25, -0.2) is 10.2 Å². The van der Waals surface area contributed by atoms with Crippen molar-refractivity contribution >= 4 is 29.7 Å². The van der Waals surface area contributed by atoms with Gasteiger partial charge < -0.3 is 9.52 Å². The number of carboxylic acid groups (broad SMARTS) is 1. The highest BCUT2D eigenvalue weighted by molar-refractivity contribution is 6.33. The maximum atomic E-state index is 11.8. The molecule has 1 heterocycles. The quantitative estimate of drug-likeness (QED) is 0.458. The molecule has 0 saturated carbocycles. The van der Waals surface area contributed by atoms with Crippen LogP contribution in [0.2, 0.25) is 5.02 Å². The molecule has 0 fully saturated rings. The minimum Gasteiger partial charge on any atom is -0.478 e. The fourth-order valence-corrected chi connectivity index (χ4v) is 2.81. The van der Waals surface area contributed by atoms with E-state index in [1.807, 2.05) is 30.3 Å². The Bertz CT molecular complexity index is 1010. The van der Waals surface area contributed by atoms with Crippen molar-refractivity contribution in [2.45, 2.75) is 12.8 Å². The molecule has 0 saturated heterocycles. The summed E-state index contributed by atoms with van der Waals surface area (Å²) in [5.74, 6) is -0.331. The van der Waals surface area contributed by atoms with Crippen molar-refractivity contribution in [2.75, 3.05) is 0 Å². The first kappa shape index (κ1) is 19.4. The van der Waals surface area contributed by atoms with E-state index in [2.05, 4.69) is 10.5 Å². The van der Waals surface area contributed by atoms with Crippen molar-refractivity contribution in [2.24, 2.45) is 5.10 Å². The topological polar surface area (TPSA) is 91.9 Å². The van der Waals surface area contributed by atoms with Gasteiger partial charge in [-0.3, -0.25) is 4.79 Å². The molecule has 0 atom stereocenters. The summed E-state index contributed by atoms with van der Waals surface area (Å²) in [5.41, 5.74) is 4.22. The number of hydrazone groups is 1. The number of carbonyl (C=O) groups is 2. The fraction of sp³-hybridized carbons (Fsp3) is 0.0952. The maximum Gasteiger partial charge on any atom is 0.337 e. The number of hydrogen-bond acceptors (Lipinski definition) is 4. The van der Waals surface area contributed by atoms with Gasteiger partial charge in [-0.2, -0.15) is 5.10 Å². The number of halogens is 1. The summed E-state index contributed by atoms with van der Waals surface area (Å²) in [6, 6.07) is 17.7. The normalized spacial score (nSPS) is 10.9. The minimum absolute atomic E-state index is 0.0250. The van der Waals surface area contributed by atoms with Gasteiger partial charge >= 0.3 is 5.97 Å². The van der Waals surface area contributed by atoms with Gasteiger partial charge in [0, 0.05) is 12.0 Å². The predicted octanol–water partition coefficient (Wildman–Crippen LogP) is 4.38. The van der Waals surface area contributed by atoms with E-state index in [-0.39, 0.29) is 16.5 Å². The van der Waals surface area contributed by atoms with Gasteiger partial charge in [0.25, 0.3) is 0 Å². The molecule has 6 nitrogen and oxygen atoms in total. The van der Waals surface area contributed by atoms with E-state index in [0.29, 0.717) is 29.9 Å². The summed E-state index contributed by atoms with van der Waals surface area (Å²) in [4.78, 5) is 22.9. The second-order valence-corrected chi connectivity index (χ2v) is 6.39. The van der Waals surface area contributed by atoms with Crippen molar-refractivity contribution in [3.8, 4) is 11.3 Å². The van der Waals surface area contributed by atoms with Crippen LogP contribution >= 0.6 is 11.6 Å². The highest BCUT2D eigenvalue weighted by atomic mass is 35.5. The van der Waals surface area contributed by atoms with Gasteiger partial charge in [0.2, 0.25) is 5.91 Å². The molecule has 0 radical (unpaired) electrons. The zero-order valence-electron chi connectivity index (χ0n) is 14.8. The first-order valence-corrected chi connectivity index (χ1v) is 8.89. The molecule has 0 aliphatic heterocycles. The third kappa shape index (κ3) is 5.08. The molecular formula is C21H17ClN2O4. The van der Waals surface area contributed by atoms with Crippen LogP contribution in [0.3, 0.4) is 0 Å². The lowest BCUT2D eigenvalue weighted by molar-refractivity contribution is -0.121. The smallest absolute Gasteiger partial charge is 0.337 e. The number of carbonyl (C=O) groups excluding carboxylic acids is 1. The van der Waals surface area contributed by atoms with Crippen molar-refractivity contribution in [1.82, 2.24) is 5.43 Å². The lowest BCUT2D eigenvalue weighted by Gasteiger charge is -2.01. The first-order valence-electron chi connectivity index (χ1n) is 8.52. The second-order valence-electron chi connectivity index (χ2n) is 5.98. The number of rotatable bonds is 7. The van der Waals surface area contributed by atoms with Crippen LogP contribution in [0, 0.1) is 0 Å². The number of carboxylic acids is 1. The summed E-state index contributed by atoms with van der Waals surface area (Å²) in [5, 5.41) is 13.0. The standard InChI is InChI=1S/C21H17ClN2O4/c22-18-12-15(7-9-17(18)21(26)27)19-10-8-16(28-19)13-23-24-20(25)11-6-14-4-2-1-3-5-14/h1-5,7-10,12-13H,6,11H2,(H,24,25)(H,26,27)/b23-13-. The van der Waals surface area contributed by atoms with E-state index in [1.165, 1.54) is 18.3 Å². The number of benzene rings is 2. The van der Waals surface area contributed by atoms with Crippen LogP contribution in [0.25, 0.3) is 11.3 Å². The van der Waals surface area contributed by atoms with E-state index < -0.39 is 5.97 Å². The average Bonchev–Trinajstić information content (AvgIpc) is 3.16. The van der Waals surface area contributed by atoms with E-state index >= 15 is 0 Å². The number of aromatic carboxylic acids is 1. The molecule has 7 heteroatoms. The van der Waals surface area contributed by atoms with Gasteiger partial charge in [-0.1, -0.05) is 48.0 Å². The van der Waals surface area contributed by atoms with Gasteiger partial charge in [0.05, 0.1) is 16.8 Å². The minimum atomic E-state index is -1.09. The summed E-state index contributed by atoms with van der Waals surface area (Å²) >= 11 is 5.98. The average molecular weight is 397 g/mol. The Morgan fingerprint density at radius 1 is 1.11 bits per heavy atom. The lowest BCUT2D eigenvalue weighted by Crippen LogP contribution is -2.17. The van der Waals surface area contributed by atoms with Crippen LogP contribution in [0.5, 0.6) is 0 Å². The predicted molar refractivity (Wildman–Crippen MR) is 107 cm³/mol. The molecule has 1 aromatic heterocycles. The van der Waals surface area contributed by atoms with Crippen LogP contribution in [0.4, 0.5) is 0 Å². The molecule has 142 valence electrons. The number of nitrogens with one attached hydrogen (secondary N) is 1. The summed E-state index contributed by atoms with van der Waals surface area (Å²) in [6.07, 6.45) is 2.37. The van der Waals surface area contributed by atoms with Gasteiger partial charge in [0.1, 0.15) is 11.5 Å². The third-order valence-corrected chi connectivity index (χ3v) is 4.29. The Labute approximate surface area is 166 Å².